The zero-order valence-electron chi connectivity index (χ0n) is 11.8. The summed E-state index contributed by atoms with van der Waals surface area (Å²) in [4.78, 5) is 5.23. The molecule has 3 rings (SSSR count). The molecule has 0 amide bonds. The third kappa shape index (κ3) is 3.56. The van der Waals surface area contributed by atoms with Crippen LogP contribution in [0.25, 0.3) is 0 Å². The van der Waals surface area contributed by atoms with Gasteiger partial charge in [-0.15, -0.1) is 0 Å². The van der Waals surface area contributed by atoms with Crippen LogP contribution in [0.2, 0.25) is 0 Å². The van der Waals surface area contributed by atoms with E-state index in [-0.39, 0.29) is 0 Å². The fourth-order valence-electron chi connectivity index (χ4n) is 3.16. The molecular formula is C16H25N3. The highest BCUT2D eigenvalue weighted by molar-refractivity contribution is 5.28. The third-order valence-corrected chi connectivity index (χ3v) is 4.46. The minimum atomic E-state index is 1.16. The maximum atomic E-state index is 3.42. The molecule has 2 aliphatic heterocycles. The Kier molecular flexibility index (Phi) is 4.49. The van der Waals surface area contributed by atoms with Crippen LogP contribution in [0.5, 0.6) is 0 Å². The SMILES string of the molecule is c1ccc2c(c1)CCN(CCN1CCNCC1)CC2. The van der Waals surface area contributed by atoms with E-state index in [0.717, 1.165) is 13.1 Å². The fourth-order valence-corrected chi connectivity index (χ4v) is 3.16. The van der Waals surface area contributed by atoms with Crippen LogP contribution in [-0.4, -0.2) is 62.2 Å². The molecule has 0 aliphatic carbocycles. The Morgan fingerprint density at radius 1 is 0.789 bits per heavy atom. The van der Waals surface area contributed by atoms with Crippen molar-refractivity contribution in [1.82, 2.24) is 15.1 Å². The summed E-state index contributed by atoms with van der Waals surface area (Å²) in [7, 11) is 0. The summed E-state index contributed by atoms with van der Waals surface area (Å²) in [6.07, 6.45) is 2.44. The molecule has 0 saturated carbocycles. The molecule has 0 bridgehead atoms. The Morgan fingerprint density at radius 2 is 1.32 bits per heavy atom. The van der Waals surface area contributed by atoms with E-state index in [0.29, 0.717) is 0 Å². The van der Waals surface area contributed by atoms with Crippen LogP contribution >= 0.6 is 0 Å². The molecule has 0 atom stereocenters. The monoisotopic (exact) mass is 259 g/mol. The first-order valence-electron chi connectivity index (χ1n) is 7.64. The Labute approximate surface area is 116 Å². The lowest BCUT2D eigenvalue weighted by Gasteiger charge is -2.29. The summed E-state index contributed by atoms with van der Waals surface area (Å²) in [5.41, 5.74) is 3.12. The average molecular weight is 259 g/mol. The Bertz CT molecular complexity index is 372. The van der Waals surface area contributed by atoms with Crippen LogP contribution in [-0.2, 0) is 12.8 Å². The molecule has 1 aromatic rings. The van der Waals surface area contributed by atoms with Crippen LogP contribution in [0.15, 0.2) is 24.3 Å². The smallest absolute Gasteiger partial charge is 0.0110 e. The molecule has 0 aromatic heterocycles. The van der Waals surface area contributed by atoms with Gasteiger partial charge in [-0.2, -0.15) is 0 Å². The quantitative estimate of drug-likeness (QED) is 0.873. The molecule has 0 radical (unpaired) electrons. The van der Waals surface area contributed by atoms with Crippen molar-refractivity contribution in [2.24, 2.45) is 0 Å². The summed E-state index contributed by atoms with van der Waals surface area (Å²) >= 11 is 0. The summed E-state index contributed by atoms with van der Waals surface area (Å²) in [6, 6.07) is 8.95. The average Bonchev–Trinajstić information content (AvgIpc) is 2.69. The Morgan fingerprint density at radius 3 is 1.89 bits per heavy atom. The normalized spacial score (nSPS) is 21.9. The van der Waals surface area contributed by atoms with E-state index in [4.69, 9.17) is 0 Å². The van der Waals surface area contributed by atoms with Crippen molar-refractivity contribution in [3.05, 3.63) is 35.4 Å². The van der Waals surface area contributed by atoms with Gasteiger partial charge in [-0.25, -0.2) is 0 Å². The number of nitrogens with one attached hydrogen (secondary N) is 1. The largest absolute Gasteiger partial charge is 0.314 e. The van der Waals surface area contributed by atoms with Crippen molar-refractivity contribution < 1.29 is 0 Å². The van der Waals surface area contributed by atoms with E-state index >= 15 is 0 Å². The molecule has 1 N–H and O–H groups in total. The van der Waals surface area contributed by atoms with Gasteiger partial charge >= 0.3 is 0 Å². The molecule has 0 unspecified atom stereocenters. The Hall–Kier alpha value is -0.900. The molecule has 19 heavy (non-hydrogen) atoms. The second-order valence-corrected chi connectivity index (χ2v) is 5.70. The highest BCUT2D eigenvalue weighted by Gasteiger charge is 2.15. The summed E-state index contributed by atoms with van der Waals surface area (Å²) in [6.45, 7) is 9.66. The maximum Gasteiger partial charge on any atom is 0.0110 e. The number of benzene rings is 1. The predicted octanol–water partition coefficient (Wildman–Crippen LogP) is 0.992. The van der Waals surface area contributed by atoms with Crippen LogP contribution < -0.4 is 5.32 Å². The lowest BCUT2D eigenvalue weighted by molar-refractivity contribution is 0.192. The van der Waals surface area contributed by atoms with Gasteiger partial charge in [0.25, 0.3) is 0 Å². The lowest BCUT2D eigenvalue weighted by Crippen LogP contribution is -2.46. The molecule has 3 heteroatoms. The summed E-state index contributed by atoms with van der Waals surface area (Å²) in [5.74, 6) is 0. The van der Waals surface area contributed by atoms with Crippen LogP contribution in [0, 0.1) is 0 Å². The van der Waals surface area contributed by atoms with Crippen molar-refractivity contribution in [2.45, 2.75) is 12.8 Å². The second-order valence-electron chi connectivity index (χ2n) is 5.70. The Balaban J connectivity index is 1.48. The van der Waals surface area contributed by atoms with E-state index in [2.05, 4.69) is 39.4 Å². The maximum absolute atomic E-state index is 3.42. The highest BCUT2D eigenvalue weighted by Crippen LogP contribution is 2.15. The molecular weight excluding hydrogens is 234 g/mol. The number of hydrogen-bond donors (Lipinski definition) is 1. The standard InChI is InChI=1S/C16H25N3/c1-2-4-16-6-10-18(9-5-15(16)3-1)13-14-19-11-7-17-8-12-19/h1-4,17H,5-14H2. The number of nitrogens with zero attached hydrogens (tertiary/aromatic N) is 2. The van der Waals surface area contributed by atoms with E-state index in [1.54, 1.807) is 11.1 Å². The summed E-state index contributed by atoms with van der Waals surface area (Å²) in [5, 5.41) is 3.42. The molecule has 0 spiro atoms. The first kappa shape index (κ1) is 13.1. The lowest BCUT2D eigenvalue weighted by atomic mass is 10.0. The number of fused-ring (bicyclic) bond motifs is 1. The van der Waals surface area contributed by atoms with Gasteiger partial charge in [0.15, 0.2) is 0 Å². The van der Waals surface area contributed by atoms with Crippen molar-refractivity contribution in [3.8, 4) is 0 Å². The van der Waals surface area contributed by atoms with Crippen LogP contribution in [0.3, 0.4) is 0 Å². The zero-order chi connectivity index (χ0) is 12.9. The highest BCUT2D eigenvalue weighted by atomic mass is 15.2. The molecule has 1 fully saturated rings. The van der Waals surface area contributed by atoms with Gasteiger partial charge in [0.2, 0.25) is 0 Å². The van der Waals surface area contributed by atoms with Gasteiger partial charge in [0, 0.05) is 52.4 Å². The van der Waals surface area contributed by atoms with Crippen molar-refractivity contribution in [3.63, 3.8) is 0 Å². The molecule has 1 saturated heterocycles. The number of rotatable bonds is 3. The van der Waals surface area contributed by atoms with Gasteiger partial charge in [0.1, 0.15) is 0 Å². The molecule has 1 aromatic carbocycles. The van der Waals surface area contributed by atoms with E-state index in [1.165, 1.54) is 52.1 Å². The fraction of sp³-hybridized carbons (Fsp3) is 0.625. The first-order chi connectivity index (χ1) is 9.42. The third-order valence-electron chi connectivity index (χ3n) is 4.46. The minimum Gasteiger partial charge on any atom is -0.314 e. The topological polar surface area (TPSA) is 18.5 Å². The second kappa shape index (κ2) is 6.51. The minimum absolute atomic E-state index is 1.16. The van der Waals surface area contributed by atoms with Gasteiger partial charge in [-0.3, -0.25) is 4.90 Å². The number of hydrogen-bond acceptors (Lipinski definition) is 3. The van der Waals surface area contributed by atoms with Crippen LogP contribution in [0.4, 0.5) is 0 Å². The van der Waals surface area contributed by atoms with E-state index < -0.39 is 0 Å². The van der Waals surface area contributed by atoms with Crippen LogP contribution in [0.1, 0.15) is 11.1 Å². The van der Waals surface area contributed by atoms with Gasteiger partial charge in [-0.05, 0) is 24.0 Å². The van der Waals surface area contributed by atoms with E-state index in [9.17, 15) is 0 Å². The van der Waals surface area contributed by atoms with Gasteiger partial charge in [-0.1, -0.05) is 24.3 Å². The molecule has 3 nitrogen and oxygen atoms in total. The molecule has 104 valence electrons. The van der Waals surface area contributed by atoms with Crippen molar-refractivity contribution in [1.29, 1.82) is 0 Å². The predicted molar refractivity (Wildman–Crippen MR) is 79.6 cm³/mol. The zero-order valence-corrected chi connectivity index (χ0v) is 11.8. The molecule has 2 heterocycles. The summed E-state index contributed by atoms with van der Waals surface area (Å²) < 4.78 is 0. The molecule has 2 aliphatic rings. The van der Waals surface area contributed by atoms with Crippen molar-refractivity contribution in [2.75, 3.05) is 52.4 Å². The van der Waals surface area contributed by atoms with Gasteiger partial charge in [0.05, 0.1) is 0 Å². The van der Waals surface area contributed by atoms with Crippen molar-refractivity contribution >= 4 is 0 Å². The first-order valence-corrected chi connectivity index (χ1v) is 7.64. The van der Waals surface area contributed by atoms with E-state index in [1.807, 2.05) is 0 Å². The van der Waals surface area contributed by atoms with Gasteiger partial charge < -0.3 is 10.2 Å². The number of piperazine rings is 1.